The highest BCUT2D eigenvalue weighted by Crippen LogP contribution is 2.29. The first-order valence-electron chi connectivity index (χ1n) is 9.90. The van der Waals surface area contributed by atoms with Gasteiger partial charge in [-0.1, -0.05) is 35.3 Å². The Morgan fingerprint density at radius 1 is 1.26 bits per heavy atom. The molecule has 0 saturated carbocycles. The highest BCUT2D eigenvalue weighted by molar-refractivity contribution is 6.31. The highest BCUT2D eigenvalue weighted by atomic mass is 35.5. The molecule has 2 aromatic carbocycles. The number of carbonyl (C=O) groups is 2. The lowest BCUT2D eigenvalue weighted by Gasteiger charge is -2.19. The molecule has 2 aromatic rings. The van der Waals surface area contributed by atoms with Gasteiger partial charge in [0.2, 0.25) is 5.91 Å². The number of aliphatic hydroxyl groups excluding tert-OH is 1. The maximum absolute atomic E-state index is 13.4. The van der Waals surface area contributed by atoms with Crippen molar-refractivity contribution in [3.05, 3.63) is 63.9 Å². The second kappa shape index (κ2) is 10.8. The van der Waals surface area contributed by atoms with Crippen LogP contribution in [0.1, 0.15) is 24.3 Å². The molecule has 1 fully saturated rings. The average molecular weight is 469 g/mol. The van der Waals surface area contributed by atoms with Crippen molar-refractivity contribution in [3.8, 4) is 5.75 Å². The van der Waals surface area contributed by atoms with E-state index in [9.17, 15) is 19.1 Å². The second-order valence-corrected chi connectivity index (χ2v) is 8.17. The Balaban J connectivity index is 1.36. The molecule has 166 valence electrons. The fourth-order valence-electron chi connectivity index (χ4n) is 3.37. The van der Waals surface area contributed by atoms with Gasteiger partial charge in [0.15, 0.2) is 6.61 Å². The first-order valence-corrected chi connectivity index (χ1v) is 10.7. The molecule has 9 heteroatoms. The van der Waals surface area contributed by atoms with Gasteiger partial charge < -0.3 is 20.1 Å². The smallest absolute Gasteiger partial charge is 0.258 e. The van der Waals surface area contributed by atoms with Gasteiger partial charge in [0.05, 0.1) is 17.0 Å². The molecule has 3 rings (SSSR count). The molecular weight excluding hydrogens is 446 g/mol. The van der Waals surface area contributed by atoms with Crippen LogP contribution in [0.15, 0.2) is 42.5 Å². The summed E-state index contributed by atoms with van der Waals surface area (Å²) in [6.07, 6.45) is 0.248. The third kappa shape index (κ3) is 6.56. The minimum absolute atomic E-state index is 0.0276. The molecule has 0 aliphatic carbocycles. The van der Waals surface area contributed by atoms with E-state index < -0.39 is 17.8 Å². The Kier molecular flexibility index (Phi) is 8.12. The van der Waals surface area contributed by atoms with E-state index in [0.29, 0.717) is 24.5 Å². The number of ether oxygens (including phenoxy) is 1. The zero-order valence-electron chi connectivity index (χ0n) is 16.7. The molecule has 0 radical (unpaired) electrons. The predicted molar refractivity (Wildman–Crippen MR) is 116 cm³/mol. The van der Waals surface area contributed by atoms with Crippen LogP contribution < -0.4 is 10.1 Å². The Bertz CT molecular complexity index is 926. The van der Waals surface area contributed by atoms with E-state index in [2.05, 4.69) is 5.32 Å². The van der Waals surface area contributed by atoms with Crippen molar-refractivity contribution in [2.75, 3.05) is 26.2 Å². The van der Waals surface area contributed by atoms with Crippen LogP contribution in [0.2, 0.25) is 10.0 Å². The molecule has 1 heterocycles. The van der Waals surface area contributed by atoms with Crippen LogP contribution in [-0.4, -0.2) is 54.2 Å². The van der Waals surface area contributed by atoms with Crippen LogP contribution in [-0.2, 0) is 9.59 Å². The predicted octanol–water partition coefficient (Wildman–Crippen LogP) is 3.39. The second-order valence-electron chi connectivity index (χ2n) is 7.33. The average Bonchev–Trinajstić information content (AvgIpc) is 3.12. The molecule has 1 aliphatic rings. The maximum atomic E-state index is 13.4. The highest BCUT2D eigenvalue weighted by Gasteiger charge is 2.32. The molecule has 2 amide bonds. The summed E-state index contributed by atoms with van der Waals surface area (Å²) in [5, 5.41) is 13.3. The van der Waals surface area contributed by atoms with E-state index in [1.54, 1.807) is 17.0 Å². The number of nitrogens with zero attached hydrogens (tertiary/aromatic N) is 1. The molecule has 1 aliphatic heterocycles. The standard InChI is InChI=1S/C22H23Cl2FN2O4/c23-15-3-1-14(2-4-15)18-8-10-27(22(18)30)9-7-16(28)12-26-21(29)13-31-17-5-6-19(24)20(25)11-17/h1-6,11,16,18,28H,7-10,12-13H2,(H,26,29)/t16-,18+/m0/s1. The van der Waals surface area contributed by atoms with Crippen molar-refractivity contribution >= 4 is 35.0 Å². The summed E-state index contributed by atoms with van der Waals surface area (Å²) < 4.78 is 18.6. The van der Waals surface area contributed by atoms with Gasteiger partial charge in [-0.25, -0.2) is 4.39 Å². The Morgan fingerprint density at radius 2 is 2.00 bits per heavy atom. The topological polar surface area (TPSA) is 78.9 Å². The lowest BCUT2D eigenvalue weighted by Crippen LogP contribution is -2.37. The van der Waals surface area contributed by atoms with E-state index in [1.807, 2.05) is 12.1 Å². The molecule has 0 bridgehead atoms. The van der Waals surface area contributed by atoms with Gasteiger partial charge in [-0.2, -0.15) is 0 Å². The van der Waals surface area contributed by atoms with E-state index in [-0.39, 0.29) is 35.7 Å². The van der Waals surface area contributed by atoms with Gasteiger partial charge >= 0.3 is 0 Å². The summed E-state index contributed by atoms with van der Waals surface area (Å²) in [6.45, 7) is 0.734. The number of nitrogens with one attached hydrogen (secondary N) is 1. The first kappa shape index (κ1) is 23.3. The van der Waals surface area contributed by atoms with E-state index in [1.165, 1.54) is 12.1 Å². The number of halogens is 3. The summed E-state index contributed by atoms with van der Waals surface area (Å²) in [5.74, 6) is -1.06. The SMILES string of the molecule is O=C(COc1ccc(Cl)c(F)c1)NC[C@@H](O)CCN1CC[C@H](c2ccc(Cl)cc2)C1=O. The van der Waals surface area contributed by atoms with Crippen LogP contribution in [0, 0.1) is 5.82 Å². The third-order valence-electron chi connectivity index (χ3n) is 5.10. The molecule has 0 spiro atoms. The molecule has 31 heavy (non-hydrogen) atoms. The first-order chi connectivity index (χ1) is 14.8. The molecule has 1 saturated heterocycles. The summed E-state index contributed by atoms with van der Waals surface area (Å²) in [4.78, 5) is 26.2. The fourth-order valence-corrected chi connectivity index (χ4v) is 3.61. The number of likely N-dealkylation sites (tertiary alicyclic amines) is 1. The number of rotatable bonds is 9. The quantitative estimate of drug-likeness (QED) is 0.590. The maximum Gasteiger partial charge on any atom is 0.258 e. The van der Waals surface area contributed by atoms with Crippen LogP contribution in [0.5, 0.6) is 5.75 Å². The number of hydrogen-bond acceptors (Lipinski definition) is 4. The van der Waals surface area contributed by atoms with Gasteiger partial charge in [-0.15, -0.1) is 0 Å². The molecule has 2 N–H and O–H groups in total. The summed E-state index contributed by atoms with van der Waals surface area (Å²) >= 11 is 11.5. The minimum Gasteiger partial charge on any atom is -0.484 e. The van der Waals surface area contributed by atoms with Gasteiger partial charge in [-0.3, -0.25) is 9.59 Å². The van der Waals surface area contributed by atoms with Crippen molar-refractivity contribution in [1.29, 1.82) is 0 Å². The van der Waals surface area contributed by atoms with Gasteiger partial charge in [0.1, 0.15) is 11.6 Å². The number of hydrogen-bond donors (Lipinski definition) is 2. The van der Waals surface area contributed by atoms with E-state index >= 15 is 0 Å². The number of aliphatic hydroxyl groups is 1. The molecule has 0 aromatic heterocycles. The largest absolute Gasteiger partial charge is 0.484 e. The zero-order chi connectivity index (χ0) is 22.4. The van der Waals surface area contributed by atoms with E-state index in [4.69, 9.17) is 27.9 Å². The summed E-state index contributed by atoms with van der Waals surface area (Å²) in [6, 6.07) is 11.1. The molecule has 2 atom stereocenters. The van der Waals surface area contributed by atoms with Crippen LogP contribution in [0.25, 0.3) is 0 Å². The van der Waals surface area contributed by atoms with E-state index in [0.717, 1.165) is 18.1 Å². The number of carbonyl (C=O) groups excluding carboxylic acids is 2. The number of benzene rings is 2. The molecule has 0 unspecified atom stereocenters. The summed E-state index contributed by atoms with van der Waals surface area (Å²) in [7, 11) is 0. The van der Waals surface area contributed by atoms with Crippen LogP contribution >= 0.6 is 23.2 Å². The van der Waals surface area contributed by atoms with Crippen LogP contribution in [0.3, 0.4) is 0 Å². The Labute approximate surface area is 189 Å². The van der Waals surface area contributed by atoms with Crippen molar-refractivity contribution in [2.45, 2.75) is 24.9 Å². The summed E-state index contributed by atoms with van der Waals surface area (Å²) in [5.41, 5.74) is 0.935. The Morgan fingerprint density at radius 3 is 2.71 bits per heavy atom. The lowest BCUT2D eigenvalue weighted by atomic mass is 9.98. The normalized spacial score (nSPS) is 17.0. The van der Waals surface area contributed by atoms with Crippen molar-refractivity contribution < 1.29 is 23.8 Å². The van der Waals surface area contributed by atoms with Gasteiger partial charge in [0.25, 0.3) is 5.91 Å². The minimum atomic E-state index is -0.806. The third-order valence-corrected chi connectivity index (χ3v) is 5.66. The van der Waals surface area contributed by atoms with Crippen molar-refractivity contribution in [2.24, 2.45) is 0 Å². The zero-order valence-corrected chi connectivity index (χ0v) is 18.2. The monoisotopic (exact) mass is 468 g/mol. The van der Waals surface area contributed by atoms with Crippen LogP contribution in [0.4, 0.5) is 4.39 Å². The molecular formula is C22H23Cl2FN2O4. The van der Waals surface area contributed by atoms with Crippen molar-refractivity contribution in [1.82, 2.24) is 10.2 Å². The lowest BCUT2D eigenvalue weighted by molar-refractivity contribution is -0.129. The fraction of sp³-hybridized carbons (Fsp3) is 0.364. The molecule has 6 nitrogen and oxygen atoms in total. The van der Waals surface area contributed by atoms with Crippen molar-refractivity contribution in [3.63, 3.8) is 0 Å². The Hall–Kier alpha value is -2.35. The number of amides is 2. The van der Waals surface area contributed by atoms with Gasteiger partial charge in [0, 0.05) is 30.7 Å². The van der Waals surface area contributed by atoms with Gasteiger partial charge in [-0.05, 0) is 42.7 Å².